The molecule has 3 amide bonds. The minimum Gasteiger partial charge on any atom is -0.453 e. The van der Waals surface area contributed by atoms with Crippen molar-refractivity contribution in [3.63, 3.8) is 0 Å². The molecular weight excluding hydrogens is 731 g/mol. The molecule has 2 aliphatic carbocycles. The van der Waals surface area contributed by atoms with Gasteiger partial charge in [-0.2, -0.15) is 0 Å². The average molecular weight is 786 g/mol. The fraction of sp³-hybridized carbons (Fsp3) is 0.500. The van der Waals surface area contributed by atoms with Crippen LogP contribution in [0.15, 0.2) is 71.9 Å². The highest BCUT2D eigenvalue weighted by molar-refractivity contribution is 5.93. The molecule has 12 nitrogen and oxygen atoms in total. The number of nitrogens with zero attached hydrogens (tertiary/aromatic N) is 4. The molecule has 3 aromatic carbocycles. The summed E-state index contributed by atoms with van der Waals surface area (Å²) in [7, 11) is 1.31. The van der Waals surface area contributed by atoms with Crippen molar-refractivity contribution in [2.24, 2.45) is 22.2 Å². The van der Waals surface area contributed by atoms with Crippen LogP contribution in [-0.2, 0) is 14.3 Å². The van der Waals surface area contributed by atoms with Crippen LogP contribution in [-0.4, -0.2) is 87.6 Å². The zero-order valence-corrected chi connectivity index (χ0v) is 34.4. The Balaban J connectivity index is 0.869. The van der Waals surface area contributed by atoms with Crippen LogP contribution >= 0.6 is 0 Å². The van der Waals surface area contributed by atoms with E-state index in [4.69, 9.17) is 19.5 Å². The molecule has 12 heteroatoms. The minimum absolute atomic E-state index is 0.0544. The molecule has 2 saturated carbocycles. The quantitative estimate of drug-likeness (QED) is 0.164. The van der Waals surface area contributed by atoms with Crippen molar-refractivity contribution in [1.29, 1.82) is 0 Å². The van der Waals surface area contributed by atoms with Crippen molar-refractivity contribution < 1.29 is 23.9 Å². The molecule has 2 bridgehead atoms. The number of likely N-dealkylation sites (tertiary alicyclic amines) is 2. The summed E-state index contributed by atoms with van der Waals surface area (Å²) in [5, 5.41) is 8.79. The van der Waals surface area contributed by atoms with Gasteiger partial charge in [-0.3, -0.25) is 14.7 Å². The van der Waals surface area contributed by atoms with Gasteiger partial charge in [0.2, 0.25) is 5.91 Å². The largest absolute Gasteiger partial charge is 0.453 e. The Hall–Kier alpha value is -5.39. The molecule has 4 unspecified atom stereocenters. The third-order valence-corrected chi connectivity index (χ3v) is 13.1. The van der Waals surface area contributed by atoms with Gasteiger partial charge in [-0.1, -0.05) is 62.4 Å². The van der Waals surface area contributed by atoms with E-state index in [1.807, 2.05) is 50.6 Å². The highest BCUT2D eigenvalue weighted by Gasteiger charge is 2.56. The van der Waals surface area contributed by atoms with Gasteiger partial charge >= 0.3 is 12.2 Å². The first kappa shape index (κ1) is 38.1. The number of piperidine rings is 1. The van der Waals surface area contributed by atoms with Crippen molar-refractivity contribution in [1.82, 2.24) is 30.4 Å². The standard InChI is InChI=1S/C46H55N7O5/c1-26(2)38(51-43(55)57-6)42(54)53-34-16-15-33(21-34)39(53)41-48-23-35(50-41)28-9-7-27(8-10-28)29-11-12-31-20-32(14-13-30(31)19-29)36-24-47-40(49-36)37-22-46(17-18-46)25-52(37)44(56)58-45(3,4)5/h7-14,19-20,23,26,33-34,36-39H,15-18,21-22,24-25H2,1-6H3,(H,47,49)(H,48,50)(H,51,55)/t33?,34?,36?,37-,38-,39?/m0/s1. The summed E-state index contributed by atoms with van der Waals surface area (Å²) >= 11 is 0. The van der Waals surface area contributed by atoms with E-state index in [0.717, 1.165) is 84.5 Å². The van der Waals surface area contributed by atoms with E-state index in [1.54, 1.807) is 0 Å². The number of carbonyl (C=O) groups excluding carboxylic acids is 3. The van der Waals surface area contributed by atoms with Gasteiger partial charge in [0.25, 0.3) is 0 Å². The van der Waals surface area contributed by atoms with Gasteiger partial charge in [-0.25, -0.2) is 14.6 Å². The number of rotatable bonds is 8. The predicted molar refractivity (Wildman–Crippen MR) is 223 cm³/mol. The molecule has 4 aromatic rings. The lowest BCUT2D eigenvalue weighted by Crippen LogP contribution is -2.54. The number of hydrogen-bond donors (Lipinski definition) is 3. The number of aromatic amines is 1. The third-order valence-electron chi connectivity index (χ3n) is 13.1. The Morgan fingerprint density at radius 3 is 2.40 bits per heavy atom. The van der Waals surface area contributed by atoms with E-state index in [-0.39, 0.29) is 47.5 Å². The summed E-state index contributed by atoms with van der Waals surface area (Å²) in [6, 6.07) is 21.0. The second-order valence-electron chi connectivity index (χ2n) is 18.6. The minimum atomic E-state index is -0.669. The predicted octanol–water partition coefficient (Wildman–Crippen LogP) is 8.16. The highest BCUT2D eigenvalue weighted by atomic mass is 16.6. The smallest absolute Gasteiger partial charge is 0.410 e. The molecule has 6 atom stereocenters. The van der Waals surface area contributed by atoms with Crippen LogP contribution in [0.2, 0.25) is 0 Å². The molecule has 1 spiro atoms. The average Bonchev–Trinajstić information content (AvgIpc) is 3.83. The fourth-order valence-electron chi connectivity index (χ4n) is 9.86. The molecule has 304 valence electrons. The Morgan fingerprint density at radius 1 is 0.948 bits per heavy atom. The number of imidazole rings is 1. The summed E-state index contributed by atoms with van der Waals surface area (Å²) in [6.45, 7) is 11.0. The van der Waals surface area contributed by atoms with Crippen LogP contribution in [0.1, 0.15) is 96.6 Å². The maximum Gasteiger partial charge on any atom is 0.410 e. The monoisotopic (exact) mass is 785 g/mol. The zero-order chi connectivity index (χ0) is 40.5. The molecule has 0 radical (unpaired) electrons. The number of fused-ring (bicyclic) bond motifs is 3. The van der Waals surface area contributed by atoms with Gasteiger partial charge in [-0.05, 0) is 122 Å². The van der Waals surface area contributed by atoms with Gasteiger partial charge in [-0.15, -0.1) is 0 Å². The molecule has 4 heterocycles. The topological polar surface area (TPSA) is 141 Å². The zero-order valence-electron chi connectivity index (χ0n) is 34.4. The molecular formula is C46H55N7O5. The van der Waals surface area contributed by atoms with Crippen LogP contribution in [0.4, 0.5) is 9.59 Å². The van der Waals surface area contributed by atoms with E-state index in [0.29, 0.717) is 12.5 Å². The van der Waals surface area contributed by atoms with Crippen LogP contribution in [0.3, 0.4) is 0 Å². The first-order valence-corrected chi connectivity index (χ1v) is 20.9. The number of benzene rings is 3. The van der Waals surface area contributed by atoms with Gasteiger partial charge in [0.1, 0.15) is 23.3 Å². The molecule has 5 aliphatic rings. The Morgan fingerprint density at radius 2 is 1.67 bits per heavy atom. The number of hydrogen-bond acceptors (Lipinski definition) is 8. The molecule has 3 N–H and O–H groups in total. The number of aliphatic imine (C=N–C) groups is 1. The lowest BCUT2D eigenvalue weighted by molar-refractivity contribution is -0.139. The maximum absolute atomic E-state index is 13.9. The molecule has 9 rings (SSSR count). The molecule has 4 fully saturated rings. The fourth-order valence-corrected chi connectivity index (χ4v) is 9.86. The van der Waals surface area contributed by atoms with E-state index >= 15 is 0 Å². The van der Waals surface area contributed by atoms with Crippen molar-refractivity contribution in [3.8, 4) is 22.4 Å². The van der Waals surface area contributed by atoms with Gasteiger partial charge < -0.3 is 30.0 Å². The van der Waals surface area contributed by atoms with Crippen molar-refractivity contribution in [2.75, 3.05) is 20.2 Å². The van der Waals surface area contributed by atoms with E-state index in [1.165, 1.54) is 18.1 Å². The summed E-state index contributed by atoms with van der Waals surface area (Å²) in [5.41, 5.74) is 5.04. The third kappa shape index (κ3) is 7.19. The van der Waals surface area contributed by atoms with E-state index < -0.39 is 17.7 Å². The second kappa shape index (κ2) is 14.5. The molecule has 1 aromatic heterocycles. The summed E-state index contributed by atoms with van der Waals surface area (Å²) in [4.78, 5) is 56.5. The number of nitrogens with one attached hydrogen (secondary N) is 3. The summed E-state index contributed by atoms with van der Waals surface area (Å²) < 4.78 is 10.6. The molecule has 58 heavy (non-hydrogen) atoms. The first-order chi connectivity index (χ1) is 27.8. The number of amides is 3. The molecule has 2 saturated heterocycles. The van der Waals surface area contributed by atoms with E-state index in [9.17, 15) is 14.4 Å². The maximum atomic E-state index is 13.9. The number of alkyl carbamates (subject to hydrolysis) is 1. The highest BCUT2D eigenvalue weighted by Crippen LogP contribution is 2.55. The Kier molecular flexibility index (Phi) is 9.51. The Labute approximate surface area is 340 Å². The number of H-pyrrole nitrogens is 1. The number of amidine groups is 1. The van der Waals surface area contributed by atoms with Crippen LogP contribution in [0, 0.1) is 17.3 Å². The SMILES string of the molecule is COC(=O)N[C@H](C(=O)N1C2CCC(C2)C1c1ncc(-c2ccc(-c3ccc4cc(C5CN=C([C@@H]6CC7(CC7)CN6C(=O)OC(C)(C)C)N5)ccc4c3)cc2)[nH]1)C(C)C. The lowest BCUT2D eigenvalue weighted by atomic mass is 9.95. The number of aromatic nitrogens is 2. The van der Waals surface area contributed by atoms with Crippen molar-refractivity contribution in [2.45, 2.75) is 109 Å². The Bertz CT molecular complexity index is 2270. The first-order valence-electron chi connectivity index (χ1n) is 20.9. The van der Waals surface area contributed by atoms with Crippen molar-refractivity contribution >= 4 is 34.7 Å². The normalized spacial score (nSPS) is 24.9. The number of carbonyl (C=O) groups is 3. The van der Waals surface area contributed by atoms with Gasteiger partial charge in [0, 0.05) is 12.6 Å². The number of ether oxygens (including phenoxy) is 2. The summed E-state index contributed by atoms with van der Waals surface area (Å²) in [6.07, 6.45) is 7.23. The molecule has 3 aliphatic heterocycles. The van der Waals surface area contributed by atoms with E-state index in [2.05, 4.69) is 76.3 Å². The van der Waals surface area contributed by atoms with Crippen LogP contribution < -0.4 is 10.6 Å². The number of methoxy groups -OCH3 is 1. The van der Waals surface area contributed by atoms with Gasteiger partial charge in [0.15, 0.2) is 0 Å². The lowest BCUT2D eigenvalue weighted by Gasteiger charge is -2.37. The van der Waals surface area contributed by atoms with Crippen molar-refractivity contribution in [3.05, 3.63) is 78.2 Å². The second-order valence-corrected chi connectivity index (χ2v) is 18.6. The summed E-state index contributed by atoms with van der Waals surface area (Å²) in [5.74, 6) is 1.85. The van der Waals surface area contributed by atoms with Crippen LogP contribution in [0.25, 0.3) is 33.2 Å². The van der Waals surface area contributed by atoms with Crippen LogP contribution in [0.5, 0.6) is 0 Å². The van der Waals surface area contributed by atoms with Gasteiger partial charge in [0.05, 0.1) is 43.7 Å².